The predicted octanol–water partition coefficient (Wildman–Crippen LogP) is 5.15. The van der Waals surface area contributed by atoms with Crippen molar-refractivity contribution in [1.82, 2.24) is 0 Å². The Morgan fingerprint density at radius 1 is 0.900 bits per heavy atom. The number of hydrogen-bond donors (Lipinski definition) is 3. The third-order valence-corrected chi connectivity index (χ3v) is 7.63. The summed E-state index contributed by atoms with van der Waals surface area (Å²) >= 11 is 0. The maximum absolute atomic E-state index is 14.0. The van der Waals surface area contributed by atoms with E-state index in [0.29, 0.717) is 11.4 Å². The quantitative estimate of drug-likeness (QED) is 0.223. The Labute approximate surface area is 232 Å². The topological polar surface area (TPSA) is 139 Å². The molecule has 3 N–H and O–H groups in total. The van der Waals surface area contributed by atoms with E-state index in [1.807, 2.05) is 52.0 Å². The average molecular weight is 544 g/mol. The second-order valence-electron chi connectivity index (χ2n) is 10.9. The van der Waals surface area contributed by atoms with Crippen LogP contribution in [0.1, 0.15) is 47.1 Å². The molecule has 0 spiro atoms. The van der Waals surface area contributed by atoms with Crippen molar-refractivity contribution in [2.24, 2.45) is 11.8 Å². The summed E-state index contributed by atoms with van der Waals surface area (Å²) in [5.74, 6) is -6.07. The van der Waals surface area contributed by atoms with Crippen LogP contribution >= 0.6 is 0 Å². The number of nitrogens with one attached hydrogen (secondary N) is 2. The zero-order valence-corrected chi connectivity index (χ0v) is 23.1. The van der Waals surface area contributed by atoms with Gasteiger partial charge in [-0.25, -0.2) is 0 Å². The first-order valence-corrected chi connectivity index (χ1v) is 13.0. The fourth-order valence-corrected chi connectivity index (χ4v) is 5.56. The molecule has 208 valence electrons. The lowest BCUT2D eigenvalue weighted by atomic mass is 9.61. The molecule has 0 radical (unpaired) electrons. The molecule has 1 aliphatic carbocycles. The van der Waals surface area contributed by atoms with Crippen LogP contribution in [0, 0.1) is 49.6 Å². The molecule has 0 bridgehead atoms. The van der Waals surface area contributed by atoms with Crippen LogP contribution in [0.15, 0.2) is 60.7 Å². The number of aryl methyl sites for hydroxylation is 4. The van der Waals surface area contributed by atoms with Crippen molar-refractivity contribution in [3.05, 3.63) is 98.6 Å². The Balaban J connectivity index is 1.86. The van der Waals surface area contributed by atoms with Gasteiger partial charge in [-0.1, -0.05) is 42.5 Å². The van der Waals surface area contributed by atoms with E-state index in [4.69, 9.17) is 0 Å². The minimum Gasteiger partial charge on any atom is -0.389 e. The first-order valence-electron chi connectivity index (χ1n) is 13.0. The minimum atomic E-state index is -1.89. The van der Waals surface area contributed by atoms with Crippen LogP contribution in [0.2, 0.25) is 0 Å². The summed E-state index contributed by atoms with van der Waals surface area (Å²) in [5.41, 5.74) is 2.13. The summed E-state index contributed by atoms with van der Waals surface area (Å²) in [6.07, 6.45) is -0.472. The van der Waals surface area contributed by atoms with Crippen LogP contribution < -0.4 is 10.6 Å². The highest BCUT2D eigenvalue weighted by Crippen LogP contribution is 2.48. The maximum atomic E-state index is 14.0. The average Bonchev–Trinajstić information content (AvgIpc) is 2.87. The summed E-state index contributed by atoms with van der Waals surface area (Å²) in [6.45, 7) is 8.72. The number of amides is 2. The second-order valence-corrected chi connectivity index (χ2v) is 10.9. The highest BCUT2D eigenvalue weighted by atomic mass is 16.6. The highest BCUT2D eigenvalue weighted by Gasteiger charge is 2.57. The first-order chi connectivity index (χ1) is 18.8. The van der Waals surface area contributed by atoms with Gasteiger partial charge in [0.1, 0.15) is 11.7 Å². The molecule has 4 rings (SSSR count). The van der Waals surface area contributed by atoms with Gasteiger partial charge in [-0.2, -0.15) is 0 Å². The largest absolute Gasteiger partial charge is 0.389 e. The minimum absolute atomic E-state index is 0.0306. The summed E-state index contributed by atoms with van der Waals surface area (Å²) in [7, 11) is 0. The summed E-state index contributed by atoms with van der Waals surface area (Å²) < 4.78 is 0. The van der Waals surface area contributed by atoms with Crippen molar-refractivity contribution in [2.75, 3.05) is 10.6 Å². The molecular formula is C31H33N3O6. The van der Waals surface area contributed by atoms with E-state index in [1.165, 1.54) is 25.1 Å². The fraction of sp³-hybridized carbons (Fsp3) is 0.323. The molecule has 0 saturated heterocycles. The Morgan fingerprint density at radius 3 is 1.98 bits per heavy atom. The monoisotopic (exact) mass is 543 g/mol. The van der Waals surface area contributed by atoms with Crippen molar-refractivity contribution in [3.8, 4) is 0 Å². The van der Waals surface area contributed by atoms with Gasteiger partial charge in [0.25, 0.3) is 5.69 Å². The number of rotatable bonds is 6. The lowest BCUT2D eigenvalue weighted by molar-refractivity contribution is -0.385. The van der Waals surface area contributed by atoms with Gasteiger partial charge in [0, 0.05) is 35.3 Å². The summed E-state index contributed by atoms with van der Waals surface area (Å²) in [6, 6.07) is 16.7. The number of para-hydroxylation sites is 1. The number of carbonyl (C=O) groups is 3. The molecule has 4 atom stereocenters. The number of ketones is 1. The van der Waals surface area contributed by atoms with Crippen LogP contribution in [0.5, 0.6) is 0 Å². The Bertz CT molecular complexity index is 1510. The molecular weight excluding hydrogens is 510 g/mol. The van der Waals surface area contributed by atoms with E-state index >= 15 is 0 Å². The summed E-state index contributed by atoms with van der Waals surface area (Å²) in [4.78, 5) is 52.8. The Morgan fingerprint density at radius 2 is 1.43 bits per heavy atom. The number of aliphatic hydroxyl groups is 1. The molecule has 9 heteroatoms. The first kappa shape index (κ1) is 28.6. The number of hydrogen-bond acceptors (Lipinski definition) is 6. The third-order valence-electron chi connectivity index (χ3n) is 7.63. The van der Waals surface area contributed by atoms with Gasteiger partial charge in [-0.3, -0.25) is 24.5 Å². The standard InChI is InChI=1S/C31H33N3O6/c1-17-10-12-19(3)22(14-17)32-29(36)27-25(35)16-31(5,38)28(26(27)21-8-6-7-9-24(21)34(39)40)30(37)33-23-15-18(2)11-13-20(23)4/h6-15,26-28,38H,16H2,1-5H3,(H,32,36)(H,33,37). The van der Waals surface area contributed by atoms with Crippen LogP contribution in [-0.2, 0) is 14.4 Å². The zero-order chi connectivity index (χ0) is 29.4. The van der Waals surface area contributed by atoms with E-state index < -0.39 is 52.3 Å². The van der Waals surface area contributed by atoms with Crippen molar-refractivity contribution < 1.29 is 24.4 Å². The fourth-order valence-electron chi connectivity index (χ4n) is 5.56. The van der Waals surface area contributed by atoms with Gasteiger partial charge in [0.05, 0.1) is 16.4 Å². The van der Waals surface area contributed by atoms with Crippen LogP contribution in [-0.4, -0.2) is 33.2 Å². The SMILES string of the molecule is Cc1ccc(C)c(NC(=O)C2C(=O)CC(C)(O)C(C(=O)Nc3cc(C)ccc3C)C2c2ccccc2[N+](=O)[O-])c1. The molecule has 1 fully saturated rings. The van der Waals surface area contributed by atoms with Gasteiger partial charge in [-0.05, 0) is 69.0 Å². The van der Waals surface area contributed by atoms with Gasteiger partial charge >= 0.3 is 0 Å². The molecule has 9 nitrogen and oxygen atoms in total. The van der Waals surface area contributed by atoms with E-state index in [-0.39, 0.29) is 11.3 Å². The number of Topliss-reactive ketones (excluding diaryl/α,β-unsaturated/α-hetero) is 1. The van der Waals surface area contributed by atoms with Gasteiger partial charge < -0.3 is 15.7 Å². The van der Waals surface area contributed by atoms with E-state index in [2.05, 4.69) is 10.6 Å². The van der Waals surface area contributed by atoms with Gasteiger partial charge in [-0.15, -0.1) is 0 Å². The van der Waals surface area contributed by atoms with Crippen LogP contribution in [0.25, 0.3) is 0 Å². The van der Waals surface area contributed by atoms with Crippen LogP contribution in [0.4, 0.5) is 17.1 Å². The van der Waals surface area contributed by atoms with Gasteiger partial charge in [0.15, 0.2) is 0 Å². The molecule has 40 heavy (non-hydrogen) atoms. The Hall–Kier alpha value is -4.37. The number of nitrogens with zero attached hydrogens (tertiary/aromatic N) is 1. The molecule has 0 aliphatic heterocycles. The molecule has 3 aromatic carbocycles. The van der Waals surface area contributed by atoms with Crippen molar-refractivity contribution in [1.29, 1.82) is 0 Å². The normalized spacial score (nSPS) is 22.4. The number of carbonyl (C=O) groups excluding carboxylic acids is 3. The highest BCUT2D eigenvalue weighted by molar-refractivity contribution is 6.11. The van der Waals surface area contributed by atoms with Crippen LogP contribution in [0.3, 0.4) is 0 Å². The molecule has 2 amide bonds. The molecule has 3 aromatic rings. The zero-order valence-electron chi connectivity index (χ0n) is 23.1. The maximum Gasteiger partial charge on any atom is 0.272 e. The third kappa shape index (κ3) is 5.65. The summed E-state index contributed by atoms with van der Waals surface area (Å²) in [5, 5.41) is 29.3. The molecule has 4 unspecified atom stereocenters. The molecule has 1 saturated carbocycles. The number of anilines is 2. The van der Waals surface area contributed by atoms with Crippen molar-refractivity contribution in [2.45, 2.75) is 52.6 Å². The van der Waals surface area contributed by atoms with E-state index in [0.717, 1.165) is 22.3 Å². The second kappa shape index (κ2) is 11.0. The Kier molecular flexibility index (Phi) is 7.88. The molecule has 0 heterocycles. The van der Waals surface area contributed by atoms with Gasteiger partial charge in [0.2, 0.25) is 11.8 Å². The number of nitro groups is 1. The van der Waals surface area contributed by atoms with E-state index in [1.54, 1.807) is 18.2 Å². The van der Waals surface area contributed by atoms with Crippen molar-refractivity contribution in [3.63, 3.8) is 0 Å². The predicted molar refractivity (Wildman–Crippen MR) is 152 cm³/mol. The molecule has 1 aliphatic rings. The van der Waals surface area contributed by atoms with E-state index in [9.17, 15) is 29.6 Å². The lowest BCUT2D eigenvalue weighted by Gasteiger charge is -2.44. The number of benzene rings is 3. The number of nitro benzene ring substituents is 1. The lowest BCUT2D eigenvalue weighted by Crippen LogP contribution is -2.56. The molecule has 0 aromatic heterocycles. The van der Waals surface area contributed by atoms with Crippen molar-refractivity contribution >= 4 is 34.7 Å². The smallest absolute Gasteiger partial charge is 0.272 e.